The second-order valence-corrected chi connectivity index (χ2v) is 6.16. The zero-order chi connectivity index (χ0) is 20.0. The van der Waals surface area contributed by atoms with E-state index in [1.54, 1.807) is 25.1 Å². The van der Waals surface area contributed by atoms with Gasteiger partial charge < -0.3 is 15.0 Å². The minimum atomic E-state index is -0.890. The van der Waals surface area contributed by atoms with Gasteiger partial charge in [0.05, 0.1) is 6.54 Å². The summed E-state index contributed by atoms with van der Waals surface area (Å²) in [7, 11) is 0. The molecule has 0 aliphatic rings. The first kappa shape index (κ1) is 20.6. The standard InChI is InChI=1S/C19H19ClF2N2O3/c1-3-24(10-17(25)23-19-15(21)5-4-6-16(19)22)18(26)11-27-13-7-8-14(20)12(2)9-13/h4-9H,3,10-11H2,1-2H3,(H,23,25). The van der Waals surface area contributed by atoms with Gasteiger partial charge in [-0.05, 0) is 49.7 Å². The lowest BCUT2D eigenvalue weighted by molar-refractivity contribution is -0.136. The predicted molar refractivity (Wildman–Crippen MR) is 98.9 cm³/mol. The predicted octanol–water partition coefficient (Wildman–Crippen LogP) is 3.79. The van der Waals surface area contributed by atoms with Crippen LogP contribution in [0, 0.1) is 18.6 Å². The molecule has 0 bridgehead atoms. The fourth-order valence-corrected chi connectivity index (χ4v) is 2.41. The van der Waals surface area contributed by atoms with Gasteiger partial charge in [-0.2, -0.15) is 0 Å². The molecule has 8 heteroatoms. The van der Waals surface area contributed by atoms with E-state index in [1.165, 1.54) is 11.0 Å². The molecule has 144 valence electrons. The summed E-state index contributed by atoms with van der Waals surface area (Å²) in [5.41, 5.74) is 0.263. The third-order valence-electron chi connectivity index (χ3n) is 3.79. The van der Waals surface area contributed by atoms with Crippen molar-refractivity contribution in [3.63, 3.8) is 0 Å². The van der Waals surface area contributed by atoms with Crippen LogP contribution in [0.4, 0.5) is 14.5 Å². The number of aryl methyl sites for hydroxylation is 1. The molecule has 0 aliphatic carbocycles. The second kappa shape index (κ2) is 9.32. The zero-order valence-corrected chi connectivity index (χ0v) is 15.6. The molecule has 2 amide bonds. The largest absolute Gasteiger partial charge is 0.484 e. The summed E-state index contributed by atoms with van der Waals surface area (Å²) in [5.74, 6) is -2.46. The number of likely N-dealkylation sites (N-methyl/N-ethyl adjacent to an activating group) is 1. The van der Waals surface area contributed by atoms with Crippen LogP contribution < -0.4 is 10.1 Å². The van der Waals surface area contributed by atoms with E-state index in [1.807, 2.05) is 6.92 Å². The topological polar surface area (TPSA) is 58.6 Å². The van der Waals surface area contributed by atoms with E-state index in [4.69, 9.17) is 16.3 Å². The van der Waals surface area contributed by atoms with E-state index in [0.717, 1.165) is 17.7 Å². The Morgan fingerprint density at radius 3 is 2.44 bits per heavy atom. The fraction of sp³-hybridized carbons (Fsp3) is 0.263. The molecule has 0 saturated heterocycles. The van der Waals surface area contributed by atoms with E-state index in [9.17, 15) is 18.4 Å². The number of amides is 2. The number of carbonyl (C=O) groups excluding carboxylic acids is 2. The smallest absolute Gasteiger partial charge is 0.260 e. The maximum atomic E-state index is 13.6. The molecular weight excluding hydrogens is 378 g/mol. The number of carbonyl (C=O) groups is 2. The summed E-state index contributed by atoms with van der Waals surface area (Å²) in [4.78, 5) is 25.5. The lowest BCUT2D eigenvalue weighted by atomic mass is 10.2. The number of para-hydroxylation sites is 1. The number of hydrogen-bond acceptors (Lipinski definition) is 3. The number of rotatable bonds is 7. The summed E-state index contributed by atoms with van der Waals surface area (Å²) in [6.45, 7) is 3.08. The summed E-state index contributed by atoms with van der Waals surface area (Å²) in [6.07, 6.45) is 0. The Bertz CT molecular complexity index is 825. The van der Waals surface area contributed by atoms with Crippen molar-refractivity contribution in [2.75, 3.05) is 25.0 Å². The molecule has 0 saturated carbocycles. The molecule has 0 unspecified atom stereocenters. The molecule has 27 heavy (non-hydrogen) atoms. The van der Waals surface area contributed by atoms with Crippen molar-refractivity contribution >= 4 is 29.1 Å². The van der Waals surface area contributed by atoms with Crippen LogP contribution in [0.3, 0.4) is 0 Å². The number of halogens is 3. The first-order valence-corrected chi connectivity index (χ1v) is 8.60. The summed E-state index contributed by atoms with van der Waals surface area (Å²) >= 11 is 5.93. The summed E-state index contributed by atoms with van der Waals surface area (Å²) in [5, 5.41) is 2.73. The third-order valence-corrected chi connectivity index (χ3v) is 4.21. The Morgan fingerprint density at radius 2 is 1.85 bits per heavy atom. The van der Waals surface area contributed by atoms with Crippen LogP contribution in [0.15, 0.2) is 36.4 Å². The van der Waals surface area contributed by atoms with Gasteiger partial charge in [-0.15, -0.1) is 0 Å². The van der Waals surface area contributed by atoms with Crippen LogP contribution in [0.2, 0.25) is 5.02 Å². The maximum absolute atomic E-state index is 13.6. The van der Waals surface area contributed by atoms with E-state index in [2.05, 4.69) is 5.32 Å². The van der Waals surface area contributed by atoms with Gasteiger partial charge in [-0.1, -0.05) is 17.7 Å². The molecule has 2 aromatic carbocycles. The van der Waals surface area contributed by atoms with E-state index in [-0.39, 0.29) is 19.7 Å². The van der Waals surface area contributed by atoms with Crippen molar-refractivity contribution in [2.24, 2.45) is 0 Å². The van der Waals surface area contributed by atoms with Gasteiger partial charge in [-0.3, -0.25) is 9.59 Å². The monoisotopic (exact) mass is 396 g/mol. The minimum Gasteiger partial charge on any atom is -0.484 e. The molecule has 5 nitrogen and oxygen atoms in total. The molecule has 0 heterocycles. The van der Waals surface area contributed by atoms with E-state index < -0.39 is 29.1 Å². The molecular formula is C19H19ClF2N2O3. The molecule has 0 fully saturated rings. The number of ether oxygens (including phenoxy) is 1. The molecule has 0 aromatic heterocycles. The summed E-state index contributed by atoms with van der Waals surface area (Å²) < 4.78 is 32.6. The molecule has 2 rings (SSSR count). The van der Waals surface area contributed by atoms with Crippen LogP contribution in [0.1, 0.15) is 12.5 Å². The number of anilines is 1. The van der Waals surface area contributed by atoms with Crippen molar-refractivity contribution in [3.05, 3.63) is 58.6 Å². The molecule has 0 spiro atoms. The first-order valence-electron chi connectivity index (χ1n) is 8.22. The van der Waals surface area contributed by atoms with Crippen molar-refractivity contribution in [1.29, 1.82) is 0 Å². The Morgan fingerprint density at radius 1 is 1.19 bits per heavy atom. The van der Waals surface area contributed by atoms with Crippen molar-refractivity contribution in [3.8, 4) is 5.75 Å². The van der Waals surface area contributed by atoms with Gasteiger partial charge in [0.2, 0.25) is 5.91 Å². The lowest BCUT2D eigenvalue weighted by Crippen LogP contribution is -2.40. The van der Waals surface area contributed by atoms with Crippen LogP contribution in [-0.4, -0.2) is 36.4 Å². The molecule has 0 radical (unpaired) electrons. The van der Waals surface area contributed by atoms with Crippen molar-refractivity contribution < 1.29 is 23.1 Å². The van der Waals surface area contributed by atoms with Crippen molar-refractivity contribution in [1.82, 2.24) is 4.90 Å². The van der Waals surface area contributed by atoms with Crippen LogP contribution in [0.25, 0.3) is 0 Å². The SMILES string of the molecule is CCN(CC(=O)Nc1c(F)cccc1F)C(=O)COc1ccc(Cl)c(C)c1. The fourth-order valence-electron chi connectivity index (χ4n) is 2.29. The lowest BCUT2D eigenvalue weighted by Gasteiger charge is -2.20. The van der Waals surface area contributed by atoms with Crippen molar-refractivity contribution in [2.45, 2.75) is 13.8 Å². The Hall–Kier alpha value is -2.67. The Balaban J connectivity index is 1.94. The van der Waals surface area contributed by atoms with E-state index >= 15 is 0 Å². The summed E-state index contributed by atoms with van der Waals surface area (Å²) in [6, 6.07) is 8.24. The number of nitrogens with zero attached hydrogens (tertiary/aromatic N) is 1. The normalized spacial score (nSPS) is 10.4. The van der Waals surface area contributed by atoms with Crippen LogP contribution in [0.5, 0.6) is 5.75 Å². The van der Waals surface area contributed by atoms with Gasteiger partial charge in [0.1, 0.15) is 23.1 Å². The maximum Gasteiger partial charge on any atom is 0.260 e. The highest BCUT2D eigenvalue weighted by molar-refractivity contribution is 6.31. The Kier molecular flexibility index (Phi) is 7.12. The average Bonchev–Trinajstić information content (AvgIpc) is 2.63. The zero-order valence-electron chi connectivity index (χ0n) is 14.9. The molecule has 0 aliphatic heterocycles. The third kappa shape index (κ3) is 5.65. The van der Waals surface area contributed by atoms with Gasteiger partial charge >= 0.3 is 0 Å². The highest BCUT2D eigenvalue weighted by Crippen LogP contribution is 2.21. The highest BCUT2D eigenvalue weighted by Gasteiger charge is 2.18. The number of benzene rings is 2. The molecule has 0 atom stereocenters. The second-order valence-electron chi connectivity index (χ2n) is 5.75. The van der Waals surface area contributed by atoms with Gasteiger partial charge in [0, 0.05) is 11.6 Å². The number of nitrogens with one attached hydrogen (secondary N) is 1. The van der Waals surface area contributed by atoms with Gasteiger partial charge in [0.25, 0.3) is 5.91 Å². The number of hydrogen-bond donors (Lipinski definition) is 1. The van der Waals surface area contributed by atoms with E-state index in [0.29, 0.717) is 10.8 Å². The minimum absolute atomic E-state index is 0.231. The molecule has 1 N–H and O–H groups in total. The highest BCUT2D eigenvalue weighted by atomic mass is 35.5. The molecule has 2 aromatic rings. The Labute approximate surface area is 160 Å². The van der Waals surface area contributed by atoms with Crippen LogP contribution >= 0.6 is 11.6 Å². The average molecular weight is 397 g/mol. The van der Waals surface area contributed by atoms with Gasteiger partial charge in [-0.25, -0.2) is 8.78 Å². The van der Waals surface area contributed by atoms with Crippen LogP contribution in [-0.2, 0) is 9.59 Å². The quantitative estimate of drug-likeness (QED) is 0.774. The van der Waals surface area contributed by atoms with Gasteiger partial charge in [0.15, 0.2) is 6.61 Å². The first-order chi connectivity index (χ1) is 12.8.